The minimum absolute atomic E-state index is 0.139. The predicted octanol–water partition coefficient (Wildman–Crippen LogP) is 2.03. The maximum atomic E-state index is 5.75. The van der Waals surface area contributed by atoms with Gasteiger partial charge in [0.05, 0.1) is 17.2 Å². The smallest absolute Gasteiger partial charge is 0.0945 e. The number of hydrazine groups is 1. The zero-order valence-electron chi connectivity index (χ0n) is 10.9. The fraction of sp³-hybridized carbons (Fsp3) is 0.750. The molecule has 98 valence electrons. The minimum atomic E-state index is 0.139. The van der Waals surface area contributed by atoms with Crippen molar-refractivity contribution in [2.75, 3.05) is 6.61 Å². The molecule has 17 heavy (non-hydrogen) atoms. The van der Waals surface area contributed by atoms with E-state index in [9.17, 15) is 0 Å². The van der Waals surface area contributed by atoms with Crippen LogP contribution in [0, 0.1) is 6.92 Å². The van der Waals surface area contributed by atoms with Crippen LogP contribution in [-0.2, 0) is 11.2 Å². The first-order valence-electron chi connectivity index (χ1n) is 6.20. The molecule has 0 aliphatic heterocycles. The van der Waals surface area contributed by atoms with Crippen LogP contribution in [0.2, 0.25) is 0 Å². The molecule has 2 atom stereocenters. The van der Waals surface area contributed by atoms with Gasteiger partial charge in [0.1, 0.15) is 0 Å². The van der Waals surface area contributed by atoms with E-state index < -0.39 is 0 Å². The highest BCUT2D eigenvalue weighted by Gasteiger charge is 2.21. The lowest BCUT2D eigenvalue weighted by molar-refractivity contribution is 0.0281. The predicted molar refractivity (Wildman–Crippen MR) is 72.0 cm³/mol. The van der Waals surface area contributed by atoms with Crippen LogP contribution in [0.4, 0.5) is 0 Å². The van der Waals surface area contributed by atoms with Gasteiger partial charge in [-0.25, -0.2) is 4.98 Å². The molecule has 0 aromatic carbocycles. The Hall–Kier alpha value is -0.490. The molecule has 0 amide bonds. The van der Waals surface area contributed by atoms with Gasteiger partial charge in [0, 0.05) is 24.1 Å². The van der Waals surface area contributed by atoms with Gasteiger partial charge in [-0.3, -0.25) is 11.3 Å². The molecule has 0 bridgehead atoms. The van der Waals surface area contributed by atoms with Crippen molar-refractivity contribution in [2.24, 2.45) is 5.84 Å². The third-order valence-electron chi connectivity index (χ3n) is 2.68. The zero-order chi connectivity index (χ0) is 12.7. The molecule has 0 fully saturated rings. The average Bonchev–Trinajstić information content (AvgIpc) is 2.72. The van der Waals surface area contributed by atoms with E-state index >= 15 is 0 Å². The number of aromatic nitrogens is 1. The Morgan fingerprint density at radius 3 is 2.76 bits per heavy atom. The molecule has 0 saturated carbocycles. The van der Waals surface area contributed by atoms with E-state index in [2.05, 4.69) is 22.7 Å². The molecule has 1 rings (SSSR count). The number of nitrogens with two attached hydrogens (primary N) is 1. The van der Waals surface area contributed by atoms with Gasteiger partial charge in [-0.1, -0.05) is 13.3 Å². The van der Waals surface area contributed by atoms with Gasteiger partial charge in [-0.2, -0.15) is 0 Å². The Morgan fingerprint density at radius 1 is 1.53 bits per heavy atom. The summed E-state index contributed by atoms with van der Waals surface area (Å²) in [7, 11) is 0. The van der Waals surface area contributed by atoms with Crippen LogP contribution in [0.3, 0.4) is 0 Å². The highest BCUT2D eigenvalue weighted by molar-refractivity contribution is 7.09. The summed E-state index contributed by atoms with van der Waals surface area (Å²) in [6.07, 6.45) is 3.12. The third kappa shape index (κ3) is 4.71. The standard InChI is InChI=1S/C12H23N3OS/c1-4-6-11(16-5-2)10(15-13)7-12-14-9(3)8-17-12/h8,10-11,15H,4-7,13H2,1-3H3. The first kappa shape index (κ1) is 14.6. The quantitative estimate of drug-likeness (QED) is 0.552. The number of hydrogen-bond acceptors (Lipinski definition) is 5. The molecule has 0 radical (unpaired) electrons. The van der Waals surface area contributed by atoms with Crippen molar-refractivity contribution in [3.63, 3.8) is 0 Å². The summed E-state index contributed by atoms with van der Waals surface area (Å²) in [6.45, 7) is 6.91. The molecule has 0 aliphatic carbocycles. The fourth-order valence-corrected chi connectivity index (χ4v) is 2.71. The lowest BCUT2D eigenvalue weighted by Crippen LogP contribution is -2.46. The summed E-state index contributed by atoms with van der Waals surface area (Å²) >= 11 is 1.68. The molecular weight excluding hydrogens is 234 g/mol. The Kier molecular flexibility index (Phi) is 6.65. The first-order valence-corrected chi connectivity index (χ1v) is 7.07. The Morgan fingerprint density at radius 2 is 2.29 bits per heavy atom. The molecule has 3 N–H and O–H groups in total. The molecule has 5 heteroatoms. The second-order valence-corrected chi connectivity index (χ2v) is 5.09. The number of ether oxygens (including phenoxy) is 1. The summed E-state index contributed by atoms with van der Waals surface area (Å²) < 4.78 is 5.75. The average molecular weight is 257 g/mol. The molecule has 1 aromatic rings. The molecule has 2 unspecified atom stereocenters. The monoisotopic (exact) mass is 257 g/mol. The van der Waals surface area contributed by atoms with Crippen LogP contribution in [0.1, 0.15) is 37.4 Å². The number of aryl methyl sites for hydroxylation is 1. The van der Waals surface area contributed by atoms with Crippen molar-refractivity contribution < 1.29 is 4.74 Å². The van der Waals surface area contributed by atoms with Crippen molar-refractivity contribution in [2.45, 2.75) is 52.2 Å². The van der Waals surface area contributed by atoms with E-state index in [0.717, 1.165) is 36.6 Å². The van der Waals surface area contributed by atoms with Gasteiger partial charge >= 0.3 is 0 Å². The van der Waals surface area contributed by atoms with Crippen LogP contribution in [-0.4, -0.2) is 23.7 Å². The Labute approximate surface area is 108 Å². The molecule has 0 spiro atoms. The third-order valence-corrected chi connectivity index (χ3v) is 3.67. The van der Waals surface area contributed by atoms with Crippen LogP contribution in [0.25, 0.3) is 0 Å². The van der Waals surface area contributed by atoms with Crippen LogP contribution < -0.4 is 11.3 Å². The topological polar surface area (TPSA) is 60.2 Å². The molecule has 1 aromatic heterocycles. The normalized spacial score (nSPS) is 14.8. The van der Waals surface area contributed by atoms with Crippen LogP contribution >= 0.6 is 11.3 Å². The van der Waals surface area contributed by atoms with E-state index in [1.807, 2.05) is 13.8 Å². The molecular formula is C12H23N3OS. The van der Waals surface area contributed by atoms with Gasteiger partial charge in [-0.05, 0) is 20.3 Å². The number of rotatable bonds is 8. The Balaban J connectivity index is 2.61. The van der Waals surface area contributed by atoms with E-state index in [1.165, 1.54) is 0 Å². The van der Waals surface area contributed by atoms with Gasteiger partial charge < -0.3 is 4.74 Å². The van der Waals surface area contributed by atoms with Crippen molar-refractivity contribution in [1.29, 1.82) is 0 Å². The van der Waals surface area contributed by atoms with Crippen molar-refractivity contribution in [3.05, 3.63) is 16.1 Å². The highest BCUT2D eigenvalue weighted by Crippen LogP contribution is 2.15. The van der Waals surface area contributed by atoms with Gasteiger partial charge in [0.15, 0.2) is 0 Å². The fourth-order valence-electron chi connectivity index (χ4n) is 1.88. The van der Waals surface area contributed by atoms with E-state index in [4.69, 9.17) is 10.6 Å². The summed E-state index contributed by atoms with van der Waals surface area (Å²) in [5, 5.41) is 3.18. The second-order valence-electron chi connectivity index (χ2n) is 4.14. The SMILES string of the molecule is CCCC(OCC)C(Cc1nc(C)cs1)NN. The lowest BCUT2D eigenvalue weighted by Gasteiger charge is -2.25. The molecule has 0 aliphatic rings. The second kappa shape index (κ2) is 7.76. The summed E-state index contributed by atoms with van der Waals surface area (Å²) in [6, 6.07) is 0.139. The number of hydrogen-bond donors (Lipinski definition) is 2. The first-order chi connectivity index (χ1) is 8.21. The zero-order valence-corrected chi connectivity index (χ0v) is 11.7. The lowest BCUT2D eigenvalue weighted by atomic mass is 10.0. The largest absolute Gasteiger partial charge is 0.377 e. The molecule has 1 heterocycles. The van der Waals surface area contributed by atoms with E-state index in [0.29, 0.717) is 0 Å². The van der Waals surface area contributed by atoms with Crippen LogP contribution in [0.15, 0.2) is 5.38 Å². The Bertz CT molecular complexity index is 310. The van der Waals surface area contributed by atoms with E-state index in [-0.39, 0.29) is 12.1 Å². The van der Waals surface area contributed by atoms with Gasteiger partial charge in [0.2, 0.25) is 0 Å². The van der Waals surface area contributed by atoms with Crippen molar-refractivity contribution >= 4 is 11.3 Å². The number of nitrogens with one attached hydrogen (secondary N) is 1. The maximum Gasteiger partial charge on any atom is 0.0945 e. The number of thiazole rings is 1. The van der Waals surface area contributed by atoms with Crippen molar-refractivity contribution in [1.82, 2.24) is 10.4 Å². The maximum absolute atomic E-state index is 5.75. The molecule has 4 nitrogen and oxygen atoms in total. The minimum Gasteiger partial charge on any atom is -0.377 e. The van der Waals surface area contributed by atoms with Crippen LogP contribution in [0.5, 0.6) is 0 Å². The summed E-state index contributed by atoms with van der Waals surface area (Å²) in [5.41, 5.74) is 3.94. The number of nitrogens with zero attached hydrogens (tertiary/aromatic N) is 1. The highest BCUT2D eigenvalue weighted by atomic mass is 32.1. The summed E-state index contributed by atoms with van der Waals surface area (Å²) in [5.74, 6) is 5.64. The molecule has 0 saturated heterocycles. The van der Waals surface area contributed by atoms with Gasteiger partial charge in [-0.15, -0.1) is 11.3 Å². The van der Waals surface area contributed by atoms with Gasteiger partial charge in [0.25, 0.3) is 0 Å². The summed E-state index contributed by atoms with van der Waals surface area (Å²) in [4.78, 5) is 4.47. The van der Waals surface area contributed by atoms with E-state index in [1.54, 1.807) is 11.3 Å². The van der Waals surface area contributed by atoms with Crippen molar-refractivity contribution in [3.8, 4) is 0 Å².